The van der Waals surface area contributed by atoms with Gasteiger partial charge >= 0.3 is 0 Å². The molecule has 0 atom stereocenters. The van der Waals surface area contributed by atoms with E-state index in [0.29, 0.717) is 5.75 Å². The number of quaternary nitrogens is 1. The first kappa shape index (κ1) is 14.7. The number of halogens is 1. The van der Waals surface area contributed by atoms with Crippen molar-refractivity contribution in [2.75, 3.05) is 27.7 Å². The molecule has 0 fully saturated rings. The van der Waals surface area contributed by atoms with Gasteiger partial charge in [0, 0.05) is 6.42 Å². The fraction of sp³-hybridized carbons (Fsp3) is 0.500. The van der Waals surface area contributed by atoms with Crippen LogP contribution < -0.4 is 0 Å². The highest BCUT2D eigenvalue weighted by atomic mass is 127. The molecule has 1 rings (SSSR count). The molecule has 1 N–H and O–H groups in total. The van der Waals surface area contributed by atoms with Crippen LogP contribution in [0.1, 0.15) is 12.0 Å². The van der Waals surface area contributed by atoms with Crippen molar-refractivity contribution < 1.29 is 9.59 Å². The van der Waals surface area contributed by atoms with Crippen LogP contribution in [0.3, 0.4) is 0 Å². The predicted molar refractivity (Wildman–Crippen MR) is 74.7 cm³/mol. The summed E-state index contributed by atoms with van der Waals surface area (Å²) in [6.45, 7) is 1.13. The Morgan fingerprint density at radius 2 is 1.73 bits per heavy atom. The van der Waals surface area contributed by atoms with Gasteiger partial charge in [-0.05, 0) is 18.1 Å². The first-order chi connectivity index (χ1) is 6.49. The van der Waals surface area contributed by atoms with Crippen molar-refractivity contribution in [3.63, 3.8) is 0 Å². The second-order valence-corrected chi connectivity index (χ2v) is 4.75. The summed E-state index contributed by atoms with van der Waals surface area (Å²) in [6.07, 6.45) is 2.07. The molecule has 0 saturated heterocycles. The Morgan fingerprint density at radius 1 is 1.13 bits per heavy atom. The van der Waals surface area contributed by atoms with Crippen LogP contribution in [-0.4, -0.2) is 37.3 Å². The van der Waals surface area contributed by atoms with Crippen LogP contribution in [0, 0.1) is 0 Å². The van der Waals surface area contributed by atoms with Crippen molar-refractivity contribution in [3.8, 4) is 5.75 Å². The molecule has 1 aromatic carbocycles. The number of para-hydroxylation sites is 1. The van der Waals surface area contributed by atoms with Crippen molar-refractivity contribution in [2.45, 2.75) is 12.8 Å². The third kappa shape index (κ3) is 5.99. The number of phenolic OH excluding ortho intramolecular Hbond substituents is 1. The summed E-state index contributed by atoms with van der Waals surface area (Å²) in [5.74, 6) is 0.425. The van der Waals surface area contributed by atoms with Crippen molar-refractivity contribution in [2.24, 2.45) is 0 Å². The Labute approximate surface area is 110 Å². The number of phenols is 1. The molecule has 0 saturated carbocycles. The van der Waals surface area contributed by atoms with Gasteiger partial charge in [0.05, 0.1) is 27.7 Å². The molecule has 0 aliphatic rings. The van der Waals surface area contributed by atoms with Crippen LogP contribution in [0.5, 0.6) is 5.75 Å². The molecule has 0 spiro atoms. The predicted octanol–water partition coefficient (Wildman–Crippen LogP) is 2.65. The van der Waals surface area contributed by atoms with Crippen LogP contribution in [0.15, 0.2) is 24.3 Å². The average molecular weight is 322 g/mol. The zero-order valence-corrected chi connectivity index (χ0v) is 12.1. The number of aryl methyl sites for hydroxylation is 1. The van der Waals surface area contributed by atoms with E-state index in [1.807, 2.05) is 18.2 Å². The summed E-state index contributed by atoms with van der Waals surface area (Å²) < 4.78 is 0.980. The van der Waals surface area contributed by atoms with Gasteiger partial charge in [-0.1, -0.05) is 18.2 Å². The number of nitrogens with zero attached hydrogens (tertiary/aromatic N) is 1. The molecule has 0 aliphatic heterocycles. The van der Waals surface area contributed by atoms with Crippen LogP contribution in [0.2, 0.25) is 0 Å². The summed E-state index contributed by atoms with van der Waals surface area (Å²) in [5.41, 5.74) is 1.06. The van der Waals surface area contributed by atoms with E-state index in [4.69, 9.17) is 0 Å². The highest BCUT2D eigenvalue weighted by Crippen LogP contribution is 2.17. The standard InChI is InChI=1S/C12H19NO.HI/c1-13(2,3)10-6-8-11-7-4-5-9-12(11)14;/h4-5,7,9H,6,8,10H2,1-3H3;1H/p+1. The number of benzene rings is 1. The lowest BCUT2D eigenvalue weighted by atomic mass is 10.1. The fourth-order valence-electron chi connectivity index (χ4n) is 1.47. The van der Waals surface area contributed by atoms with E-state index >= 15 is 0 Å². The summed E-state index contributed by atoms with van der Waals surface area (Å²) in [7, 11) is 6.56. The first-order valence-electron chi connectivity index (χ1n) is 5.06. The molecule has 3 heteroatoms. The number of aromatic hydroxyl groups is 1. The smallest absolute Gasteiger partial charge is 0.118 e. The Hall–Kier alpha value is -0.290. The number of rotatable bonds is 4. The van der Waals surface area contributed by atoms with Crippen molar-refractivity contribution in [3.05, 3.63) is 29.8 Å². The molecule has 15 heavy (non-hydrogen) atoms. The third-order valence-electron chi connectivity index (χ3n) is 2.27. The first-order valence-corrected chi connectivity index (χ1v) is 5.06. The van der Waals surface area contributed by atoms with Gasteiger partial charge in [0.2, 0.25) is 0 Å². The second-order valence-electron chi connectivity index (χ2n) is 4.75. The van der Waals surface area contributed by atoms with Gasteiger partial charge in [0.1, 0.15) is 5.75 Å². The highest BCUT2D eigenvalue weighted by Gasteiger charge is 2.07. The molecule has 0 radical (unpaired) electrons. The molecular formula is C12H21INO+. The molecule has 0 aliphatic carbocycles. The molecule has 86 valence electrons. The summed E-state index contributed by atoms with van der Waals surface area (Å²) >= 11 is 0. The van der Waals surface area contributed by atoms with E-state index in [9.17, 15) is 5.11 Å². The minimum Gasteiger partial charge on any atom is -0.508 e. The molecule has 0 bridgehead atoms. The monoisotopic (exact) mass is 322 g/mol. The van der Waals surface area contributed by atoms with E-state index in [0.717, 1.165) is 29.4 Å². The molecule has 2 nitrogen and oxygen atoms in total. The molecule has 0 unspecified atom stereocenters. The quantitative estimate of drug-likeness (QED) is 0.667. The fourth-order valence-corrected chi connectivity index (χ4v) is 1.47. The summed E-state index contributed by atoms with van der Waals surface area (Å²) in [4.78, 5) is 0. The lowest BCUT2D eigenvalue weighted by molar-refractivity contribution is -0.870. The maximum Gasteiger partial charge on any atom is 0.118 e. The topological polar surface area (TPSA) is 20.2 Å². The van der Waals surface area contributed by atoms with E-state index in [2.05, 4.69) is 21.1 Å². The van der Waals surface area contributed by atoms with Gasteiger partial charge < -0.3 is 9.59 Å². The van der Waals surface area contributed by atoms with Crippen molar-refractivity contribution in [1.29, 1.82) is 0 Å². The molecule has 1 aromatic rings. The summed E-state index contributed by atoms with van der Waals surface area (Å²) in [5, 5.41) is 9.53. The Bertz CT molecular complexity index is 294. The zero-order chi connectivity index (χ0) is 10.6. The normalized spacial score (nSPS) is 10.9. The van der Waals surface area contributed by atoms with Crippen molar-refractivity contribution in [1.82, 2.24) is 0 Å². The van der Waals surface area contributed by atoms with Crippen molar-refractivity contribution >= 4 is 24.0 Å². The van der Waals surface area contributed by atoms with E-state index < -0.39 is 0 Å². The van der Waals surface area contributed by atoms with Gasteiger partial charge in [-0.15, -0.1) is 24.0 Å². The lowest BCUT2D eigenvalue weighted by Crippen LogP contribution is -2.35. The van der Waals surface area contributed by atoms with Gasteiger partial charge in [0.25, 0.3) is 0 Å². The lowest BCUT2D eigenvalue weighted by Gasteiger charge is -2.23. The number of hydrogen-bond donors (Lipinski definition) is 1. The number of hydrogen-bond acceptors (Lipinski definition) is 1. The maximum atomic E-state index is 9.53. The van der Waals surface area contributed by atoms with Crippen LogP contribution in [-0.2, 0) is 6.42 Å². The molecular weight excluding hydrogens is 301 g/mol. The molecule has 0 heterocycles. The van der Waals surface area contributed by atoms with Gasteiger partial charge in [-0.3, -0.25) is 0 Å². The van der Waals surface area contributed by atoms with E-state index in [1.165, 1.54) is 0 Å². The Kier molecular flexibility index (Phi) is 6.20. The van der Waals surface area contributed by atoms with Crippen LogP contribution >= 0.6 is 24.0 Å². The molecule has 0 aromatic heterocycles. The highest BCUT2D eigenvalue weighted by molar-refractivity contribution is 14.0. The molecule has 0 amide bonds. The largest absolute Gasteiger partial charge is 0.508 e. The zero-order valence-electron chi connectivity index (χ0n) is 9.73. The second kappa shape index (κ2) is 6.33. The van der Waals surface area contributed by atoms with E-state index in [1.54, 1.807) is 6.07 Å². The SMILES string of the molecule is C[N+](C)(C)CCCc1ccccc1O.I. The van der Waals surface area contributed by atoms with Crippen LogP contribution in [0.4, 0.5) is 0 Å². The minimum atomic E-state index is 0. The average Bonchev–Trinajstić information content (AvgIpc) is 2.06. The van der Waals surface area contributed by atoms with Crippen LogP contribution in [0.25, 0.3) is 0 Å². The van der Waals surface area contributed by atoms with Gasteiger partial charge in [0.15, 0.2) is 0 Å². The van der Waals surface area contributed by atoms with Gasteiger partial charge in [-0.25, -0.2) is 0 Å². The maximum absolute atomic E-state index is 9.53. The summed E-state index contributed by atoms with van der Waals surface area (Å²) in [6, 6.07) is 7.58. The third-order valence-corrected chi connectivity index (χ3v) is 2.27. The minimum absolute atomic E-state index is 0. The van der Waals surface area contributed by atoms with Gasteiger partial charge in [-0.2, -0.15) is 0 Å². The Balaban J connectivity index is 0.00000196. The van der Waals surface area contributed by atoms with E-state index in [-0.39, 0.29) is 24.0 Å². The Morgan fingerprint density at radius 3 is 2.27 bits per heavy atom.